The normalized spacial score (nSPS) is 19.1. The van der Waals surface area contributed by atoms with Crippen LogP contribution in [-0.4, -0.2) is 52.0 Å². The molecule has 2 N–H and O–H groups in total. The molecule has 1 saturated carbocycles. The summed E-state index contributed by atoms with van der Waals surface area (Å²) >= 11 is 0. The summed E-state index contributed by atoms with van der Waals surface area (Å²) in [6.07, 6.45) is 1.36. The maximum atomic E-state index is 12.7. The second-order valence-corrected chi connectivity index (χ2v) is 6.87. The van der Waals surface area contributed by atoms with E-state index in [0.717, 1.165) is 0 Å². The van der Waals surface area contributed by atoms with Crippen LogP contribution in [0.15, 0.2) is 6.07 Å². The summed E-state index contributed by atoms with van der Waals surface area (Å²) in [5, 5.41) is 23.1. The van der Waals surface area contributed by atoms with Crippen molar-refractivity contribution in [3.05, 3.63) is 38.4 Å². The molecule has 1 aromatic rings. The molecule has 2 rings (SSSR count). The van der Waals surface area contributed by atoms with E-state index in [4.69, 9.17) is 5.11 Å². The van der Waals surface area contributed by atoms with Crippen molar-refractivity contribution >= 4 is 17.6 Å². The molecule has 0 unspecified atom stereocenters. The van der Waals surface area contributed by atoms with Crippen LogP contribution in [-0.2, 0) is 4.79 Å². The van der Waals surface area contributed by atoms with Gasteiger partial charge in [-0.2, -0.15) is 0 Å². The van der Waals surface area contributed by atoms with Crippen LogP contribution in [0.2, 0.25) is 0 Å². The molecule has 8 heteroatoms. The van der Waals surface area contributed by atoms with Gasteiger partial charge in [-0.1, -0.05) is 6.92 Å². The molecule has 0 aliphatic heterocycles. The number of aliphatic carboxylic acids is 1. The number of carbonyl (C=O) groups excluding carboxylic acids is 1. The zero-order chi connectivity index (χ0) is 19.6. The zero-order valence-electron chi connectivity index (χ0n) is 15.5. The van der Waals surface area contributed by atoms with Gasteiger partial charge < -0.3 is 10.4 Å². The predicted molar refractivity (Wildman–Crippen MR) is 96.5 cm³/mol. The Kier molecular flexibility index (Phi) is 5.97. The Labute approximate surface area is 152 Å². The molecule has 1 amide bonds. The highest BCUT2D eigenvalue weighted by molar-refractivity contribution is 5.98. The van der Waals surface area contributed by atoms with Gasteiger partial charge in [0.15, 0.2) is 0 Å². The Bertz CT molecular complexity index is 741. The van der Waals surface area contributed by atoms with Gasteiger partial charge >= 0.3 is 5.97 Å². The third-order valence-corrected chi connectivity index (χ3v) is 5.05. The number of aryl methyl sites for hydroxylation is 2. The largest absolute Gasteiger partial charge is 0.480 e. The van der Waals surface area contributed by atoms with E-state index in [-0.39, 0.29) is 30.2 Å². The number of nitro benzene ring substituents is 1. The van der Waals surface area contributed by atoms with Crippen molar-refractivity contribution in [2.24, 2.45) is 0 Å². The first-order valence-electron chi connectivity index (χ1n) is 8.67. The standard InChI is InChI=1S/C18H25N3O5/c1-5-20(9-15(22)23)14-7-13(8-14)19-18(24)16-10(2)6-11(3)17(12(16)4)21(25)26/h6,13-14H,5,7-9H2,1-4H3,(H,19,24)(H,22,23). The smallest absolute Gasteiger partial charge is 0.317 e. The number of likely N-dealkylation sites (N-methyl/N-ethyl adjacent to an activating group) is 1. The number of nitro groups is 1. The van der Waals surface area contributed by atoms with E-state index in [1.807, 2.05) is 11.8 Å². The van der Waals surface area contributed by atoms with Crippen LogP contribution < -0.4 is 5.32 Å². The molecule has 0 atom stereocenters. The van der Waals surface area contributed by atoms with Crippen LogP contribution in [0.3, 0.4) is 0 Å². The quantitative estimate of drug-likeness (QED) is 0.567. The molecule has 26 heavy (non-hydrogen) atoms. The number of hydrogen-bond donors (Lipinski definition) is 2. The van der Waals surface area contributed by atoms with E-state index in [0.29, 0.717) is 41.6 Å². The van der Waals surface area contributed by atoms with Gasteiger partial charge in [-0.05, 0) is 51.8 Å². The van der Waals surface area contributed by atoms with Crippen molar-refractivity contribution < 1.29 is 19.6 Å². The Morgan fingerprint density at radius 1 is 1.31 bits per heavy atom. The molecule has 1 fully saturated rings. The van der Waals surface area contributed by atoms with Crippen molar-refractivity contribution in [1.29, 1.82) is 0 Å². The molecule has 0 heterocycles. The summed E-state index contributed by atoms with van der Waals surface area (Å²) in [5.41, 5.74) is 1.95. The molecule has 1 aliphatic carbocycles. The Morgan fingerprint density at radius 2 is 1.92 bits per heavy atom. The summed E-state index contributed by atoms with van der Waals surface area (Å²) in [6, 6.07) is 1.75. The lowest BCUT2D eigenvalue weighted by Crippen LogP contribution is -2.54. The maximum absolute atomic E-state index is 12.7. The molecular weight excluding hydrogens is 338 g/mol. The van der Waals surface area contributed by atoms with Crippen LogP contribution >= 0.6 is 0 Å². The third kappa shape index (κ3) is 4.01. The predicted octanol–water partition coefficient (Wildman–Crippen LogP) is 2.19. The van der Waals surface area contributed by atoms with Crippen LogP contribution in [0.1, 0.15) is 46.8 Å². The maximum Gasteiger partial charge on any atom is 0.317 e. The van der Waals surface area contributed by atoms with Gasteiger partial charge in [0, 0.05) is 23.2 Å². The first-order valence-corrected chi connectivity index (χ1v) is 8.67. The summed E-state index contributed by atoms with van der Waals surface area (Å²) in [4.78, 5) is 36.2. The van der Waals surface area contributed by atoms with Crippen LogP contribution in [0.5, 0.6) is 0 Å². The van der Waals surface area contributed by atoms with Crippen LogP contribution in [0.25, 0.3) is 0 Å². The van der Waals surface area contributed by atoms with E-state index in [1.54, 1.807) is 26.8 Å². The van der Waals surface area contributed by atoms with Crippen molar-refractivity contribution in [1.82, 2.24) is 10.2 Å². The molecule has 1 aliphatic rings. The molecular formula is C18H25N3O5. The van der Waals surface area contributed by atoms with Gasteiger partial charge in [0.25, 0.3) is 11.6 Å². The minimum absolute atomic E-state index is 0.00972. The number of amides is 1. The topological polar surface area (TPSA) is 113 Å². The summed E-state index contributed by atoms with van der Waals surface area (Å²) < 4.78 is 0. The number of nitrogens with one attached hydrogen (secondary N) is 1. The Balaban J connectivity index is 2.07. The number of nitrogens with zero attached hydrogens (tertiary/aromatic N) is 2. The average Bonchev–Trinajstić information content (AvgIpc) is 2.47. The van der Waals surface area contributed by atoms with E-state index in [1.165, 1.54) is 0 Å². The molecule has 8 nitrogen and oxygen atoms in total. The lowest BCUT2D eigenvalue weighted by molar-refractivity contribution is -0.386. The van der Waals surface area contributed by atoms with Gasteiger partial charge in [0.1, 0.15) is 0 Å². The highest BCUT2D eigenvalue weighted by atomic mass is 16.6. The van der Waals surface area contributed by atoms with Crippen molar-refractivity contribution in [2.45, 2.75) is 52.6 Å². The number of carboxylic acids is 1. The van der Waals surface area contributed by atoms with E-state index >= 15 is 0 Å². The molecule has 1 aromatic carbocycles. The second kappa shape index (κ2) is 7.82. The van der Waals surface area contributed by atoms with Gasteiger partial charge in [-0.15, -0.1) is 0 Å². The molecule has 0 aromatic heterocycles. The monoisotopic (exact) mass is 363 g/mol. The number of carbonyl (C=O) groups is 2. The Morgan fingerprint density at radius 3 is 2.42 bits per heavy atom. The highest BCUT2D eigenvalue weighted by Crippen LogP contribution is 2.30. The van der Waals surface area contributed by atoms with Gasteiger partial charge in [-0.25, -0.2) is 0 Å². The average molecular weight is 363 g/mol. The third-order valence-electron chi connectivity index (χ3n) is 5.05. The van der Waals surface area contributed by atoms with Gasteiger partial charge in [0.05, 0.1) is 17.0 Å². The van der Waals surface area contributed by atoms with Crippen molar-refractivity contribution in [3.63, 3.8) is 0 Å². The fourth-order valence-corrected chi connectivity index (χ4v) is 3.74. The fraction of sp³-hybridized carbons (Fsp3) is 0.556. The first kappa shape index (κ1) is 19.8. The van der Waals surface area contributed by atoms with E-state index < -0.39 is 10.9 Å². The number of benzene rings is 1. The van der Waals surface area contributed by atoms with Crippen molar-refractivity contribution in [2.75, 3.05) is 13.1 Å². The number of rotatable bonds is 7. The van der Waals surface area contributed by atoms with E-state index in [9.17, 15) is 19.7 Å². The van der Waals surface area contributed by atoms with Gasteiger partial charge in [-0.3, -0.25) is 24.6 Å². The molecule has 0 saturated heterocycles. The second-order valence-electron chi connectivity index (χ2n) is 6.87. The SMILES string of the molecule is CCN(CC(=O)O)C1CC(NC(=O)c2c(C)cc(C)c([N+](=O)[O-])c2C)C1. The fourth-order valence-electron chi connectivity index (χ4n) is 3.74. The number of hydrogen-bond acceptors (Lipinski definition) is 5. The lowest BCUT2D eigenvalue weighted by Gasteiger charge is -2.42. The first-order chi connectivity index (χ1) is 12.1. The van der Waals surface area contributed by atoms with Crippen LogP contribution in [0, 0.1) is 30.9 Å². The molecule has 0 spiro atoms. The molecule has 0 radical (unpaired) electrons. The minimum Gasteiger partial charge on any atom is -0.480 e. The molecule has 0 bridgehead atoms. The highest BCUT2D eigenvalue weighted by Gasteiger charge is 2.35. The summed E-state index contributed by atoms with van der Waals surface area (Å²) in [7, 11) is 0. The summed E-state index contributed by atoms with van der Waals surface area (Å²) in [5.74, 6) is -1.18. The number of carboxylic acid groups (broad SMARTS) is 1. The lowest BCUT2D eigenvalue weighted by atomic mass is 9.85. The van der Waals surface area contributed by atoms with Gasteiger partial charge in [0.2, 0.25) is 0 Å². The Hall–Kier alpha value is -2.48. The zero-order valence-corrected chi connectivity index (χ0v) is 15.5. The van der Waals surface area contributed by atoms with Crippen LogP contribution in [0.4, 0.5) is 5.69 Å². The minimum atomic E-state index is -0.863. The van der Waals surface area contributed by atoms with E-state index in [2.05, 4.69) is 5.32 Å². The van der Waals surface area contributed by atoms with Crippen molar-refractivity contribution in [3.8, 4) is 0 Å². The molecule has 142 valence electrons. The summed E-state index contributed by atoms with van der Waals surface area (Å²) in [6.45, 7) is 7.57.